The van der Waals surface area contributed by atoms with Gasteiger partial charge >= 0.3 is 0 Å². The standard InChI is InChI=1S/C18H26BNO/c1-12(2)18(21)13(3)11-20-14(4)16-7-6-15-8-9-19(5)17(15)10-16/h6-7,10,12-13,20H,4,8-9,11H2,1-3,5H3. The second-order valence-electron chi connectivity index (χ2n) is 6.67. The molecule has 0 bridgehead atoms. The van der Waals surface area contributed by atoms with Gasteiger partial charge in [-0.15, -0.1) is 0 Å². The molecule has 112 valence electrons. The van der Waals surface area contributed by atoms with Crippen molar-refractivity contribution >= 4 is 23.7 Å². The van der Waals surface area contributed by atoms with Crippen LogP contribution in [0.2, 0.25) is 13.1 Å². The van der Waals surface area contributed by atoms with E-state index in [0.29, 0.717) is 19.0 Å². The largest absolute Gasteiger partial charge is 0.384 e. The monoisotopic (exact) mass is 283 g/mol. The zero-order chi connectivity index (χ0) is 15.6. The Morgan fingerprint density at radius 2 is 2.10 bits per heavy atom. The van der Waals surface area contributed by atoms with Crippen LogP contribution in [0, 0.1) is 11.8 Å². The molecule has 0 saturated heterocycles. The zero-order valence-electron chi connectivity index (χ0n) is 13.7. The first-order chi connectivity index (χ1) is 9.90. The Morgan fingerprint density at radius 3 is 2.76 bits per heavy atom. The van der Waals surface area contributed by atoms with E-state index in [9.17, 15) is 4.79 Å². The van der Waals surface area contributed by atoms with E-state index in [1.807, 2.05) is 20.8 Å². The highest BCUT2D eigenvalue weighted by molar-refractivity contribution is 6.73. The predicted octanol–water partition coefficient (Wildman–Crippen LogP) is 3.00. The first-order valence-electron chi connectivity index (χ1n) is 7.99. The molecular weight excluding hydrogens is 257 g/mol. The summed E-state index contributed by atoms with van der Waals surface area (Å²) in [7, 11) is 0. The Morgan fingerprint density at radius 1 is 1.38 bits per heavy atom. The molecule has 1 atom stereocenters. The van der Waals surface area contributed by atoms with Gasteiger partial charge in [0, 0.05) is 24.1 Å². The van der Waals surface area contributed by atoms with Gasteiger partial charge in [-0.1, -0.05) is 69.7 Å². The summed E-state index contributed by atoms with van der Waals surface area (Å²) in [6.45, 7) is 13.6. The van der Waals surface area contributed by atoms with Crippen molar-refractivity contribution in [3.8, 4) is 0 Å². The first kappa shape index (κ1) is 15.9. The summed E-state index contributed by atoms with van der Waals surface area (Å²) in [4.78, 5) is 11.9. The van der Waals surface area contributed by atoms with Gasteiger partial charge in [-0.3, -0.25) is 4.79 Å². The highest BCUT2D eigenvalue weighted by Gasteiger charge is 2.22. The number of hydrogen-bond donors (Lipinski definition) is 1. The summed E-state index contributed by atoms with van der Waals surface area (Å²) < 4.78 is 0. The maximum absolute atomic E-state index is 11.9. The third-order valence-electron chi connectivity index (χ3n) is 4.55. The van der Waals surface area contributed by atoms with Crippen molar-refractivity contribution in [3.05, 3.63) is 35.9 Å². The molecule has 2 nitrogen and oxygen atoms in total. The molecule has 0 radical (unpaired) electrons. The van der Waals surface area contributed by atoms with Crippen LogP contribution in [-0.4, -0.2) is 19.0 Å². The highest BCUT2D eigenvalue weighted by Crippen LogP contribution is 2.18. The Kier molecular flexibility index (Phi) is 4.92. The fourth-order valence-electron chi connectivity index (χ4n) is 3.04. The van der Waals surface area contributed by atoms with Gasteiger partial charge in [-0.05, 0) is 12.0 Å². The van der Waals surface area contributed by atoms with Gasteiger partial charge in [-0.25, -0.2) is 0 Å². The molecule has 0 aromatic heterocycles. The van der Waals surface area contributed by atoms with E-state index in [1.54, 1.807) is 0 Å². The summed E-state index contributed by atoms with van der Waals surface area (Å²) >= 11 is 0. The summed E-state index contributed by atoms with van der Waals surface area (Å²) in [5, 5.41) is 3.33. The fraction of sp³-hybridized carbons (Fsp3) is 0.500. The quantitative estimate of drug-likeness (QED) is 0.813. The van der Waals surface area contributed by atoms with E-state index in [1.165, 1.54) is 23.8 Å². The van der Waals surface area contributed by atoms with Crippen LogP contribution in [-0.2, 0) is 11.2 Å². The SMILES string of the molecule is C=C(NCC(C)C(=O)C(C)C)c1ccc2c(c1)B(C)CC2. The molecule has 1 N–H and O–H groups in total. The van der Waals surface area contributed by atoms with Crippen LogP contribution in [0.1, 0.15) is 31.9 Å². The second kappa shape index (κ2) is 6.51. The Hall–Kier alpha value is -1.51. The van der Waals surface area contributed by atoms with Crippen molar-refractivity contribution in [3.63, 3.8) is 0 Å². The molecular formula is C18H26BNO. The normalized spacial score (nSPS) is 15.0. The molecule has 2 rings (SSSR count). The number of Topliss-reactive ketones (excluding diaryl/α,β-unsaturated/α-hetero) is 1. The topological polar surface area (TPSA) is 29.1 Å². The number of carbonyl (C=O) groups is 1. The van der Waals surface area contributed by atoms with Gasteiger partial charge in [-0.2, -0.15) is 0 Å². The zero-order valence-corrected chi connectivity index (χ0v) is 13.7. The van der Waals surface area contributed by atoms with E-state index >= 15 is 0 Å². The third-order valence-corrected chi connectivity index (χ3v) is 4.55. The maximum atomic E-state index is 11.9. The lowest BCUT2D eigenvalue weighted by Gasteiger charge is -2.17. The average Bonchev–Trinajstić information content (AvgIpc) is 2.84. The Balaban J connectivity index is 1.98. The highest BCUT2D eigenvalue weighted by atomic mass is 16.1. The molecule has 0 saturated carbocycles. The molecule has 1 aromatic carbocycles. The minimum absolute atomic E-state index is 0.0232. The van der Waals surface area contributed by atoms with E-state index in [-0.39, 0.29) is 11.8 Å². The van der Waals surface area contributed by atoms with Crippen LogP contribution in [0.3, 0.4) is 0 Å². The van der Waals surface area contributed by atoms with Gasteiger partial charge in [0.2, 0.25) is 0 Å². The minimum Gasteiger partial charge on any atom is -0.384 e. The van der Waals surface area contributed by atoms with E-state index < -0.39 is 0 Å². The fourth-order valence-corrected chi connectivity index (χ4v) is 3.04. The number of rotatable bonds is 6. The molecule has 1 unspecified atom stereocenters. The van der Waals surface area contributed by atoms with Crippen molar-refractivity contribution in [1.82, 2.24) is 5.32 Å². The molecule has 21 heavy (non-hydrogen) atoms. The predicted molar refractivity (Wildman–Crippen MR) is 92.3 cm³/mol. The van der Waals surface area contributed by atoms with E-state index in [0.717, 1.165) is 11.3 Å². The molecule has 1 heterocycles. The molecule has 1 aliphatic heterocycles. The maximum Gasteiger partial charge on any atom is 0.173 e. The van der Waals surface area contributed by atoms with Gasteiger partial charge in [0.05, 0.1) is 0 Å². The first-order valence-corrected chi connectivity index (χ1v) is 7.99. The second-order valence-corrected chi connectivity index (χ2v) is 6.67. The van der Waals surface area contributed by atoms with Gasteiger partial charge in [0.1, 0.15) is 5.78 Å². The van der Waals surface area contributed by atoms with Crippen LogP contribution < -0.4 is 10.8 Å². The lowest BCUT2D eigenvalue weighted by Crippen LogP contribution is -2.28. The molecule has 0 spiro atoms. The van der Waals surface area contributed by atoms with Crippen LogP contribution >= 0.6 is 0 Å². The summed E-state index contributed by atoms with van der Waals surface area (Å²) in [5.41, 5.74) is 5.00. The van der Waals surface area contributed by atoms with Gasteiger partial charge in [0.25, 0.3) is 0 Å². The van der Waals surface area contributed by atoms with Crippen molar-refractivity contribution in [2.24, 2.45) is 11.8 Å². The van der Waals surface area contributed by atoms with Crippen molar-refractivity contribution in [2.75, 3.05) is 6.54 Å². The van der Waals surface area contributed by atoms with Crippen molar-refractivity contribution in [2.45, 2.75) is 40.3 Å². The van der Waals surface area contributed by atoms with Crippen LogP contribution in [0.5, 0.6) is 0 Å². The van der Waals surface area contributed by atoms with Crippen LogP contribution in [0.15, 0.2) is 24.8 Å². The number of ketones is 1. The van der Waals surface area contributed by atoms with Crippen LogP contribution in [0.25, 0.3) is 5.70 Å². The number of fused-ring (bicyclic) bond motifs is 1. The smallest absolute Gasteiger partial charge is 0.173 e. The lowest BCUT2D eigenvalue weighted by atomic mass is 9.48. The number of nitrogens with one attached hydrogen (secondary N) is 1. The van der Waals surface area contributed by atoms with E-state index in [2.05, 4.69) is 36.9 Å². The third kappa shape index (κ3) is 3.58. The van der Waals surface area contributed by atoms with Crippen molar-refractivity contribution < 1.29 is 4.79 Å². The molecule has 0 fully saturated rings. The Bertz CT molecular complexity index is 550. The lowest BCUT2D eigenvalue weighted by molar-refractivity contribution is -0.125. The number of benzene rings is 1. The summed E-state index contributed by atoms with van der Waals surface area (Å²) in [6, 6.07) is 6.63. The number of hydrogen-bond acceptors (Lipinski definition) is 2. The number of aryl methyl sites for hydroxylation is 1. The summed E-state index contributed by atoms with van der Waals surface area (Å²) in [6.07, 6.45) is 2.44. The van der Waals surface area contributed by atoms with E-state index in [4.69, 9.17) is 0 Å². The summed E-state index contributed by atoms with van der Waals surface area (Å²) in [5.74, 6) is 0.420. The molecule has 1 aromatic rings. The molecule has 0 amide bonds. The number of carbonyl (C=O) groups excluding carboxylic acids is 1. The molecule has 3 heteroatoms. The Labute approximate surface area is 129 Å². The van der Waals surface area contributed by atoms with Gasteiger partial charge < -0.3 is 5.32 Å². The molecule has 0 aliphatic carbocycles. The van der Waals surface area contributed by atoms with Crippen molar-refractivity contribution in [1.29, 1.82) is 0 Å². The van der Waals surface area contributed by atoms with Gasteiger partial charge in [0.15, 0.2) is 6.71 Å². The minimum atomic E-state index is 0.0232. The van der Waals surface area contributed by atoms with Crippen LogP contribution in [0.4, 0.5) is 0 Å². The average molecular weight is 283 g/mol. The molecule has 1 aliphatic rings.